The summed E-state index contributed by atoms with van der Waals surface area (Å²) in [5.74, 6) is -0.636. The van der Waals surface area contributed by atoms with Crippen LogP contribution in [0.4, 0.5) is 15.8 Å². The molecule has 1 N–H and O–H groups in total. The van der Waals surface area contributed by atoms with Crippen LogP contribution in [0.25, 0.3) is 0 Å². The number of benzene rings is 1. The standard InChI is InChI=1S/C10H10FN5O2/c11-8-1-2-9(10(7-8)16(17)18)12-3-5-15-6-4-13-14-15/h1-2,4,6-7,12H,3,5H2. The quantitative estimate of drug-likeness (QED) is 0.641. The molecule has 2 rings (SSSR count). The molecule has 0 unspecified atom stereocenters. The molecule has 8 heteroatoms. The van der Waals surface area contributed by atoms with Crippen molar-refractivity contribution < 1.29 is 9.31 Å². The van der Waals surface area contributed by atoms with Crippen LogP contribution in [0.5, 0.6) is 0 Å². The van der Waals surface area contributed by atoms with Gasteiger partial charge in [-0.3, -0.25) is 14.8 Å². The minimum atomic E-state index is -0.636. The highest BCUT2D eigenvalue weighted by Gasteiger charge is 2.14. The lowest BCUT2D eigenvalue weighted by Crippen LogP contribution is -2.12. The van der Waals surface area contributed by atoms with Gasteiger partial charge < -0.3 is 5.32 Å². The van der Waals surface area contributed by atoms with E-state index in [9.17, 15) is 14.5 Å². The Morgan fingerprint density at radius 2 is 2.33 bits per heavy atom. The van der Waals surface area contributed by atoms with Crippen molar-refractivity contribution in [2.45, 2.75) is 6.54 Å². The molecule has 0 fully saturated rings. The molecule has 2 aromatic rings. The number of nitrogens with one attached hydrogen (secondary N) is 1. The van der Waals surface area contributed by atoms with Gasteiger partial charge in [0.05, 0.1) is 23.7 Å². The highest BCUT2D eigenvalue weighted by atomic mass is 19.1. The fourth-order valence-corrected chi connectivity index (χ4v) is 1.46. The van der Waals surface area contributed by atoms with Gasteiger partial charge in [0.2, 0.25) is 0 Å². The van der Waals surface area contributed by atoms with E-state index in [1.165, 1.54) is 12.1 Å². The predicted molar refractivity (Wildman–Crippen MR) is 61.6 cm³/mol. The van der Waals surface area contributed by atoms with Gasteiger partial charge in [-0.2, -0.15) is 0 Å². The van der Waals surface area contributed by atoms with Crippen molar-refractivity contribution in [3.8, 4) is 0 Å². The van der Waals surface area contributed by atoms with E-state index < -0.39 is 10.7 Å². The molecule has 1 aromatic carbocycles. The Bertz CT molecular complexity index is 543. The average Bonchev–Trinajstić information content (AvgIpc) is 2.84. The van der Waals surface area contributed by atoms with Gasteiger partial charge >= 0.3 is 0 Å². The Kier molecular flexibility index (Phi) is 3.46. The largest absolute Gasteiger partial charge is 0.378 e. The predicted octanol–water partition coefficient (Wildman–Crippen LogP) is 1.44. The van der Waals surface area contributed by atoms with Gasteiger partial charge in [0, 0.05) is 12.7 Å². The summed E-state index contributed by atoms with van der Waals surface area (Å²) in [5.41, 5.74) is -0.00453. The highest BCUT2D eigenvalue weighted by Crippen LogP contribution is 2.24. The third kappa shape index (κ3) is 2.78. The van der Waals surface area contributed by atoms with Crippen molar-refractivity contribution >= 4 is 11.4 Å². The molecule has 0 atom stereocenters. The number of halogens is 1. The van der Waals surface area contributed by atoms with Gasteiger partial charge in [0.15, 0.2) is 0 Å². The van der Waals surface area contributed by atoms with Crippen LogP contribution < -0.4 is 5.32 Å². The van der Waals surface area contributed by atoms with Gasteiger partial charge in [0.25, 0.3) is 5.69 Å². The third-order valence-electron chi connectivity index (χ3n) is 2.28. The van der Waals surface area contributed by atoms with E-state index in [0.717, 1.165) is 6.07 Å². The fraction of sp³-hybridized carbons (Fsp3) is 0.200. The first-order valence-corrected chi connectivity index (χ1v) is 5.19. The summed E-state index contributed by atoms with van der Waals surface area (Å²) in [6.45, 7) is 0.935. The van der Waals surface area contributed by atoms with Crippen LogP contribution >= 0.6 is 0 Å². The Morgan fingerprint density at radius 1 is 1.50 bits per heavy atom. The third-order valence-corrected chi connectivity index (χ3v) is 2.28. The van der Waals surface area contributed by atoms with Crippen LogP contribution in [0.1, 0.15) is 0 Å². The van der Waals surface area contributed by atoms with Crippen molar-refractivity contribution in [2.75, 3.05) is 11.9 Å². The highest BCUT2D eigenvalue weighted by molar-refractivity contribution is 5.61. The summed E-state index contributed by atoms with van der Waals surface area (Å²) in [4.78, 5) is 10.1. The lowest BCUT2D eigenvalue weighted by Gasteiger charge is -2.06. The molecule has 7 nitrogen and oxygen atoms in total. The number of nitro benzene ring substituents is 1. The van der Waals surface area contributed by atoms with Crippen LogP contribution in [0.15, 0.2) is 30.6 Å². The molecule has 0 bridgehead atoms. The van der Waals surface area contributed by atoms with Gasteiger partial charge in [-0.15, -0.1) is 5.10 Å². The Morgan fingerprint density at radius 3 is 3.00 bits per heavy atom. The molecule has 0 spiro atoms. The smallest absolute Gasteiger partial charge is 0.295 e. The molecular formula is C10H10FN5O2. The molecule has 0 aliphatic rings. The van der Waals surface area contributed by atoms with Crippen LogP contribution in [0.3, 0.4) is 0 Å². The molecule has 1 heterocycles. The molecule has 0 aliphatic heterocycles. The second kappa shape index (κ2) is 5.21. The summed E-state index contributed by atoms with van der Waals surface area (Å²) in [7, 11) is 0. The zero-order valence-corrected chi connectivity index (χ0v) is 9.28. The molecular weight excluding hydrogens is 241 g/mol. The summed E-state index contributed by atoms with van der Waals surface area (Å²) < 4.78 is 14.5. The summed E-state index contributed by atoms with van der Waals surface area (Å²) in [6, 6.07) is 3.40. The Hall–Kier alpha value is -2.51. The van der Waals surface area contributed by atoms with Crippen LogP contribution in [0, 0.1) is 15.9 Å². The van der Waals surface area contributed by atoms with E-state index in [-0.39, 0.29) is 11.4 Å². The topological polar surface area (TPSA) is 85.9 Å². The number of nitrogens with zero attached hydrogens (tertiary/aromatic N) is 4. The van der Waals surface area contributed by atoms with E-state index in [4.69, 9.17) is 0 Å². The zero-order chi connectivity index (χ0) is 13.0. The van der Waals surface area contributed by atoms with Gasteiger partial charge in [-0.05, 0) is 12.1 Å². The summed E-state index contributed by atoms with van der Waals surface area (Å²) in [6.07, 6.45) is 3.22. The summed E-state index contributed by atoms with van der Waals surface area (Å²) in [5, 5.41) is 21.0. The second-order valence-electron chi connectivity index (χ2n) is 3.51. The lowest BCUT2D eigenvalue weighted by atomic mass is 10.2. The van der Waals surface area contributed by atoms with Gasteiger partial charge in [-0.1, -0.05) is 5.21 Å². The van der Waals surface area contributed by atoms with Gasteiger partial charge in [-0.25, -0.2) is 4.39 Å². The first kappa shape index (κ1) is 12.0. The molecule has 0 saturated carbocycles. The number of anilines is 1. The molecule has 0 amide bonds. The van der Waals surface area contributed by atoms with Crippen LogP contribution in [-0.2, 0) is 6.54 Å². The number of hydrogen-bond acceptors (Lipinski definition) is 5. The van der Waals surface area contributed by atoms with E-state index in [1.54, 1.807) is 17.1 Å². The number of nitro groups is 1. The monoisotopic (exact) mass is 251 g/mol. The first-order chi connectivity index (χ1) is 8.66. The van der Waals surface area contributed by atoms with Crippen molar-refractivity contribution in [3.05, 3.63) is 46.5 Å². The molecule has 1 aromatic heterocycles. The number of aromatic nitrogens is 3. The Balaban J connectivity index is 2.02. The van der Waals surface area contributed by atoms with Crippen LogP contribution in [0.2, 0.25) is 0 Å². The fourth-order valence-electron chi connectivity index (χ4n) is 1.46. The Labute approximate surface area is 101 Å². The maximum Gasteiger partial charge on any atom is 0.295 e. The molecule has 0 aliphatic carbocycles. The maximum atomic E-state index is 12.9. The molecule has 0 radical (unpaired) electrons. The second-order valence-corrected chi connectivity index (χ2v) is 3.51. The van der Waals surface area contributed by atoms with E-state index >= 15 is 0 Å². The van der Waals surface area contributed by atoms with E-state index in [2.05, 4.69) is 15.6 Å². The minimum absolute atomic E-state index is 0.279. The minimum Gasteiger partial charge on any atom is -0.378 e. The van der Waals surface area contributed by atoms with Crippen molar-refractivity contribution in [2.24, 2.45) is 0 Å². The SMILES string of the molecule is O=[N+]([O-])c1cc(F)ccc1NCCn1ccnn1. The van der Waals surface area contributed by atoms with Crippen molar-refractivity contribution in [1.82, 2.24) is 15.0 Å². The van der Waals surface area contributed by atoms with E-state index in [0.29, 0.717) is 13.1 Å². The first-order valence-electron chi connectivity index (χ1n) is 5.19. The summed E-state index contributed by atoms with van der Waals surface area (Å²) >= 11 is 0. The zero-order valence-electron chi connectivity index (χ0n) is 9.28. The molecule has 0 saturated heterocycles. The molecule has 18 heavy (non-hydrogen) atoms. The van der Waals surface area contributed by atoms with Gasteiger partial charge in [0.1, 0.15) is 11.5 Å². The molecule has 94 valence electrons. The van der Waals surface area contributed by atoms with Crippen molar-refractivity contribution in [1.29, 1.82) is 0 Å². The number of rotatable bonds is 5. The normalized spacial score (nSPS) is 10.3. The number of hydrogen-bond donors (Lipinski definition) is 1. The average molecular weight is 251 g/mol. The van der Waals surface area contributed by atoms with E-state index in [1.807, 2.05) is 0 Å². The maximum absolute atomic E-state index is 12.9. The lowest BCUT2D eigenvalue weighted by molar-refractivity contribution is -0.384. The van der Waals surface area contributed by atoms with Crippen LogP contribution in [-0.4, -0.2) is 26.5 Å². The van der Waals surface area contributed by atoms with Crippen molar-refractivity contribution in [3.63, 3.8) is 0 Å².